The lowest BCUT2D eigenvalue weighted by molar-refractivity contribution is -0.143. The molecular formula is C38H66N8O7. The van der Waals surface area contributed by atoms with E-state index in [-0.39, 0.29) is 42.4 Å². The molecule has 1 fully saturated rings. The summed E-state index contributed by atoms with van der Waals surface area (Å²) in [5, 5.41) is 31.2. The molecule has 0 saturated carbocycles. The van der Waals surface area contributed by atoms with Crippen LogP contribution in [0.2, 0.25) is 0 Å². The topological polar surface area (TPSA) is 255 Å². The van der Waals surface area contributed by atoms with E-state index in [1.807, 2.05) is 20.8 Å². The number of benzene rings is 1. The third kappa shape index (κ3) is 15.6. The number of unbranched alkanes of at least 4 members (excludes halogenated alkanes) is 2. The third-order valence-electron chi connectivity index (χ3n) is 9.86. The highest BCUT2D eigenvalue weighted by Crippen LogP contribution is 2.21. The van der Waals surface area contributed by atoms with Crippen LogP contribution in [0.15, 0.2) is 24.3 Å². The molecule has 15 nitrogen and oxygen atoms in total. The smallest absolute Gasteiger partial charge is 0.326 e. The van der Waals surface area contributed by atoms with Gasteiger partial charge in [-0.1, -0.05) is 59.1 Å². The zero-order chi connectivity index (χ0) is 39.5. The second-order valence-corrected chi connectivity index (χ2v) is 14.8. The summed E-state index contributed by atoms with van der Waals surface area (Å²) < 4.78 is 0. The zero-order valence-corrected chi connectivity index (χ0v) is 32.1. The highest BCUT2D eigenvalue weighted by Gasteiger charge is 2.39. The second-order valence-electron chi connectivity index (χ2n) is 14.8. The zero-order valence-electron chi connectivity index (χ0n) is 32.1. The quantitative estimate of drug-likeness (QED) is 0.0641. The number of likely N-dealkylation sites (tertiary alicyclic amines) is 1. The summed E-state index contributed by atoms with van der Waals surface area (Å²) in [6, 6.07) is 1.30. The van der Waals surface area contributed by atoms with Crippen LogP contribution in [0.5, 0.6) is 5.75 Å². The highest BCUT2D eigenvalue weighted by molar-refractivity contribution is 5.96. The van der Waals surface area contributed by atoms with Crippen LogP contribution < -0.4 is 38.5 Å². The van der Waals surface area contributed by atoms with Gasteiger partial charge in [0.2, 0.25) is 23.6 Å². The van der Waals surface area contributed by atoms with Crippen molar-refractivity contribution in [2.75, 3.05) is 26.2 Å². The number of carboxylic acid groups (broad SMARTS) is 1. The molecule has 0 spiro atoms. The molecule has 53 heavy (non-hydrogen) atoms. The SMILES string of the molecule is CC[C@H](C)[C@H](NC(=O)[C@H](Cc1ccc(O)cc1)NC(=O)[C@@H]1CCCN1C(=O)[C@H](CCCCN)NC[C@H](N)CCCCN)C(=O)N[C@@H](CC(C)C)C(=O)O. The fourth-order valence-corrected chi connectivity index (χ4v) is 6.51. The molecule has 1 aromatic rings. The number of rotatable bonds is 25. The van der Waals surface area contributed by atoms with Crippen LogP contribution in [0.4, 0.5) is 0 Å². The Balaban J connectivity index is 2.31. The maximum atomic E-state index is 14.0. The third-order valence-corrected chi connectivity index (χ3v) is 9.86. The predicted octanol–water partition coefficient (Wildman–Crippen LogP) is 1.10. The van der Waals surface area contributed by atoms with Crippen molar-refractivity contribution < 1.29 is 34.2 Å². The number of phenols is 1. The Hall–Kier alpha value is -3.79. The van der Waals surface area contributed by atoms with Crippen LogP contribution in [0.1, 0.15) is 97.5 Å². The molecule has 1 saturated heterocycles. The van der Waals surface area contributed by atoms with Gasteiger partial charge in [0.1, 0.15) is 29.9 Å². The normalized spacial score (nSPS) is 17.7. The van der Waals surface area contributed by atoms with E-state index in [0.29, 0.717) is 57.4 Å². The van der Waals surface area contributed by atoms with Gasteiger partial charge in [-0.15, -0.1) is 0 Å². The number of nitrogens with zero attached hydrogens (tertiary/aromatic N) is 1. The average Bonchev–Trinajstić information content (AvgIpc) is 3.62. The lowest BCUT2D eigenvalue weighted by Gasteiger charge is -2.31. The van der Waals surface area contributed by atoms with Crippen molar-refractivity contribution in [3.8, 4) is 5.75 Å². The van der Waals surface area contributed by atoms with Crippen LogP contribution in [-0.2, 0) is 30.4 Å². The van der Waals surface area contributed by atoms with Crippen molar-refractivity contribution in [1.82, 2.24) is 26.2 Å². The largest absolute Gasteiger partial charge is 0.508 e. The van der Waals surface area contributed by atoms with E-state index in [4.69, 9.17) is 17.2 Å². The van der Waals surface area contributed by atoms with Gasteiger partial charge in [0.15, 0.2) is 0 Å². The van der Waals surface area contributed by atoms with Crippen LogP contribution in [0.3, 0.4) is 0 Å². The summed E-state index contributed by atoms with van der Waals surface area (Å²) in [6.45, 7) is 9.24. The Morgan fingerprint density at radius 3 is 2.09 bits per heavy atom. The molecule has 1 aliphatic heterocycles. The predicted molar refractivity (Wildman–Crippen MR) is 204 cm³/mol. The maximum absolute atomic E-state index is 14.0. The molecule has 1 aromatic carbocycles. The number of aliphatic carboxylic acids is 1. The molecule has 4 amide bonds. The number of nitrogens with one attached hydrogen (secondary N) is 4. The summed E-state index contributed by atoms with van der Waals surface area (Å²) >= 11 is 0. The molecule has 15 heteroatoms. The summed E-state index contributed by atoms with van der Waals surface area (Å²) in [5.74, 6) is -3.47. The van der Waals surface area contributed by atoms with Crippen molar-refractivity contribution >= 4 is 29.6 Å². The Bertz CT molecular complexity index is 1300. The second kappa shape index (κ2) is 23.8. The number of amides is 4. The number of nitrogens with two attached hydrogens (primary N) is 3. The number of phenolic OH excluding ortho intramolecular Hbond substituents is 1. The van der Waals surface area contributed by atoms with E-state index in [1.165, 1.54) is 12.1 Å². The summed E-state index contributed by atoms with van der Waals surface area (Å²) in [6.07, 6.45) is 6.29. The Kier molecular flexibility index (Phi) is 20.4. The van der Waals surface area contributed by atoms with E-state index in [0.717, 1.165) is 32.1 Å². The van der Waals surface area contributed by atoms with Gasteiger partial charge in [0.05, 0.1) is 6.04 Å². The minimum atomic E-state index is -1.17. The minimum Gasteiger partial charge on any atom is -0.508 e. The van der Waals surface area contributed by atoms with E-state index in [9.17, 15) is 34.2 Å². The Morgan fingerprint density at radius 2 is 1.51 bits per heavy atom. The Labute approximate surface area is 314 Å². The van der Waals surface area contributed by atoms with Gasteiger partial charge >= 0.3 is 5.97 Å². The molecule has 0 bridgehead atoms. The summed E-state index contributed by atoms with van der Waals surface area (Å²) in [4.78, 5) is 69.0. The highest BCUT2D eigenvalue weighted by atomic mass is 16.4. The van der Waals surface area contributed by atoms with Gasteiger partial charge in [-0.3, -0.25) is 19.2 Å². The van der Waals surface area contributed by atoms with Crippen molar-refractivity contribution in [1.29, 1.82) is 0 Å². The molecule has 0 radical (unpaired) electrons. The van der Waals surface area contributed by atoms with Crippen LogP contribution in [0.25, 0.3) is 0 Å². The van der Waals surface area contributed by atoms with Gasteiger partial charge in [0.25, 0.3) is 0 Å². The standard InChI is InChI=1S/C38H66N8O7/c1-5-25(4)33(36(50)44-31(38(52)53)21-24(2)3)45-34(48)30(22-26-14-16-28(47)17-15-26)43-35(49)32-13-10-20-46(32)37(51)29(12-7-9-19-40)42-23-27(41)11-6-8-18-39/h14-17,24-25,27,29-33,42,47H,5-13,18-23,39-41H2,1-4H3,(H,43,49)(H,44,50)(H,45,48)(H,52,53)/t25-,27+,29-,30-,31-,32-,33-/m0/s1. The number of aromatic hydroxyl groups is 1. The molecule has 12 N–H and O–H groups in total. The van der Waals surface area contributed by atoms with Gasteiger partial charge in [-0.25, -0.2) is 4.79 Å². The fraction of sp³-hybridized carbons (Fsp3) is 0.711. The van der Waals surface area contributed by atoms with Gasteiger partial charge < -0.3 is 53.6 Å². The minimum absolute atomic E-state index is 0.000946. The van der Waals surface area contributed by atoms with Crippen molar-refractivity contribution in [2.24, 2.45) is 29.0 Å². The molecule has 300 valence electrons. The molecule has 0 unspecified atom stereocenters. The van der Waals surface area contributed by atoms with Gasteiger partial charge in [-0.05, 0) is 87.6 Å². The summed E-state index contributed by atoms with van der Waals surface area (Å²) in [5.41, 5.74) is 18.3. The van der Waals surface area contributed by atoms with E-state index in [1.54, 1.807) is 24.0 Å². The summed E-state index contributed by atoms with van der Waals surface area (Å²) in [7, 11) is 0. The molecule has 7 atom stereocenters. The first-order chi connectivity index (χ1) is 25.2. The maximum Gasteiger partial charge on any atom is 0.326 e. The molecule has 1 aliphatic rings. The van der Waals surface area contributed by atoms with Crippen LogP contribution >= 0.6 is 0 Å². The first-order valence-corrected chi connectivity index (χ1v) is 19.3. The molecule has 1 heterocycles. The number of carboxylic acids is 1. The Morgan fingerprint density at radius 1 is 0.868 bits per heavy atom. The number of hydrogen-bond acceptors (Lipinski definition) is 10. The number of hydrogen-bond donors (Lipinski definition) is 9. The van der Waals surface area contributed by atoms with E-state index >= 15 is 0 Å². The monoisotopic (exact) mass is 747 g/mol. The molecule has 0 aromatic heterocycles. The molecule has 0 aliphatic carbocycles. The number of carbonyl (C=O) groups is 5. The van der Waals surface area contributed by atoms with Crippen molar-refractivity contribution in [3.05, 3.63) is 29.8 Å². The van der Waals surface area contributed by atoms with Crippen molar-refractivity contribution in [3.63, 3.8) is 0 Å². The van der Waals surface area contributed by atoms with Gasteiger partial charge in [-0.2, -0.15) is 0 Å². The van der Waals surface area contributed by atoms with Crippen LogP contribution in [0, 0.1) is 11.8 Å². The fourth-order valence-electron chi connectivity index (χ4n) is 6.51. The van der Waals surface area contributed by atoms with E-state index in [2.05, 4.69) is 21.3 Å². The van der Waals surface area contributed by atoms with E-state index < -0.39 is 53.9 Å². The average molecular weight is 747 g/mol. The lowest BCUT2D eigenvalue weighted by atomic mass is 9.96. The number of carbonyl (C=O) groups excluding carboxylic acids is 4. The van der Waals surface area contributed by atoms with Gasteiger partial charge in [0, 0.05) is 25.6 Å². The first-order valence-electron chi connectivity index (χ1n) is 19.3. The molecule has 2 rings (SSSR count). The first kappa shape index (κ1) is 45.4. The molecular weight excluding hydrogens is 680 g/mol. The van der Waals surface area contributed by atoms with Crippen molar-refractivity contribution in [2.45, 2.75) is 135 Å². The lowest BCUT2D eigenvalue weighted by Crippen LogP contribution is -2.60. The van der Waals surface area contributed by atoms with Crippen LogP contribution in [-0.4, -0.2) is 107 Å².